The van der Waals surface area contributed by atoms with Gasteiger partial charge in [0.15, 0.2) is 0 Å². The van der Waals surface area contributed by atoms with Crippen LogP contribution in [0.3, 0.4) is 0 Å². The first-order valence-electron chi connectivity index (χ1n) is 19.9. The quantitative estimate of drug-likeness (QED) is 0.0408. The summed E-state index contributed by atoms with van der Waals surface area (Å²) in [4.78, 5) is 35.7. The molecule has 0 fully saturated rings. The molecule has 0 aromatic heterocycles. The van der Waals surface area contributed by atoms with E-state index in [1.54, 1.807) is 0 Å². The summed E-state index contributed by atoms with van der Waals surface area (Å²) in [7, 11) is 0. The summed E-state index contributed by atoms with van der Waals surface area (Å²) in [6, 6.07) is 0. The van der Waals surface area contributed by atoms with Crippen molar-refractivity contribution in [1.29, 1.82) is 0 Å². The third kappa shape index (κ3) is 36.6. The van der Waals surface area contributed by atoms with Crippen LogP contribution in [0.4, 0.5) is 0 Å². The summed E-state index contributed by atoms with van der Waals surface area (Å²) in [6.07, 6.45) is 40.4. The normalized spacial score (nSPS) is 12.2. The molecule has 0 heterocycles. The van der Waals surface area contributed by atoms with Gasteiger partial charge in [-0.1, -0.05) is 141 Å². The fourth-order valence-corrected chi connectivity index (χ4v) is 5.64. The van der Waals surface area contributed by atoms with E-state index in [1.165, 1.54) is 109 Å². The lowest BCUT2D eigenvalue weighted by atomic mass is 10.1. The molecule has 1 unspecified atom stereocenters. The van der Waals surface area contributed by atoms with Crippen LogP contribution >= 0.6 is 0 Å². The fraction of sp³-hybridized carbons (Fsp3) is 0.829. The van der Waals surface area contributed by atoms with Gasteiger partial charge in [-0.2, -0.15) is 0 Å². The number of carboxylic acid groups (broad SMARTS) is 1. The number of carbonyl (C=O) groups is 3. The van der Waals surface area contributed by atoms with E-state index < -0.39 is 12.1 Å². The molecule has 0 aromatic rings. The van der Waals surface area contributed by atoms with Crippen LogP contribution in [0.25, 0.3) is 0 Å². The summed E-state index contributed by atoms with van der Waals surface area (Å²) in [5.74, 6) is -1.61. The van der Waals surface area contributed by atoms with Gasteiger partial charge in [-0.25, -0.2) is 0 Å². The molecule has 0 amide bonds. The van der Waals surface area contributed by atoms with Crippen molar-refractivity contribution < 1.29 is 29.0 Å². The summed E-state index contributed by atoms with van der Waals surface area (Å²) in [5, 5.41) is 9.07. The highest BCUT2D eigenvalue weighted by molar-refractivity contribution is 5.70. The molecule has 6 nitrogen and oxygen atoms in total. The minimum Gasteiger partial charge on any atom is -0.481 e. The highest BCUT2D eigenvalue weighted by atomic mass is 16.6. The Morgan fingerprint density at radius 2 is 0.851 bits per heavy atom. The molecule has 0 spiro atoms. The number of carbonyl (C=O) groups excluding carboxylic acids is 2. The van der Waals surface area contributed by atoms with Crippen LogP contribution < -0.4 is 0 Å². The standard InChI is InChI=1S/C41H74O6/c1-3-5-7-9-11-13-15-17-19-21-23-25-27-29-31-33-40(44)46-37-38(35-36-39(42)43)47-41(45)34-32-30-28-26-24-22-20-18-16-14-12-10-8-6-4-2/h17-20,38H,3-16,21-37H2,1-2H3,(H,42,43)/b19-17-,20-18-. The monoisotopic (exact) mass is 663 g/mol. The average Bonchev–Trinajstić information content (AvgIpc) is 3.05. The second-order valence-electron chi connectivity index (χ2n) is 13.4. The van der Waals surface area contributed by atoms with Gasteiger partial charge in [-0.15, -0.1) is 0 Å². The van der Waals surface area contributed by atoms with E-state index in [4.69, 9.17) is 14.6 Å². The third-order valence-corrected chi connectivity index (χ3v) is 8.69. The topological polar surface area (TPSA) is 89.9 Å². The first kappa shape index (κ1) is 44.9. The van der Waals surface area contributed by atoms with Gasteiger partial charge in [0, 0.05) is 19.3 Å². The van der Waals surface area contributed by atoms with Crippen LogP contribution in [0.5, 0.6) is 0 Å². The lowest BCUT2D eigenvalue weighted by molar-refractivity contribution is -0.160. The van der Waals surface area contributed by atoms with Crippen LogP contribution in [0.15, 0.2) is 24.3 Å². The van der Waals surface area contributed by atoms with Gasteiger partial charge < -0.3 is 14.6 Å². The lowest BCUT2D eigenvalue weighted by Gasteiger charge is -2.17. The van der Waals surface area contributed by atoms with E-state index in [0.717, 1.165) is 57.8 Å². The van der Waals surface area contributed by atoms with Crippen molar-refractivity contribution >= 4 is 17.9 Å². The van der Waals surface area contributed by atoms with Gasteiger partial charge >= 0.3 is 17.9 Å². The Morgan fingerprint density at radius 1 is 0.489 bits per heavy atom. The molecule has 6 heteroatoms. The zero-order chi connectivity index (χ0) is 34.5. The smallest absolute Gasteiger partial charge is 0.306 e. The molecule has 0 aliphatic heterocycles. The fourth-order valence-electron chi connectivity index (χ4n) is 5.64. The Balaban J connectivity index is 3.87. The molecular weight excluding hydrogens is 588 g/mol. The van der Waals surface area contributed by atoms with Crippen LogP contribution in [-0.2, 0) is 23.9 Å². The SMILES string of the molecule is CCCCCCCC/C=C\CCCCCCCC(=O)OCC(CCC(=O)O)OC(=O)CCCCCCC/C=C\CCCCCCCC. The Bertz CT molecular complexity index is 774. The van der Waals surface area contributed by atoms with Gasteiger partial charge in [0.1, 0.15) is 12.7 Å². The number of rotatable bonds is 36. The predicted octanol–water partition coefficient (Wildman–Crippen LogP) is 12.4. The molecule has 0 radical (unpaired) electrons. The second-order valence-corrected chi connectivity index (χ2v) is 13.4. The minimum absolute atomic E-state index is 0.0741. The van der Waals surface area contributed by atoms with E-state index in [2.05, 4.69) is 38.2 Å². The van der Waals surface area contributed by atoms with E-state index in [1.807, 2.05) is 0 Å². The summed E-state index contributed by atoms with van der Waals surface area (Å²) < 4.78 is 10.9. The van der Waals surface area contributed by atoms with E-state index in [-0.39, 0.29) is 31.4 Å². The van der Waals surface area contributed by atoms with Crippen molar-refractivity contribution in [3.05, 3.63) is 24.3 Å². The van der Waals surface area contributed by atoms with Crippen LogP contribution in [0, 0.1) is 0 Å². The molecule has 1 N–H and O–H groups in total. The molecule has 0 rings (SSSR count). The molecule has 0 saturated carbocycles. The van der Waals surface area contributed by atoms with Crippen molar-refractivity contribution in [2.24, 2.45) is 0 Å². The van der Waals surface area contributed by atoms with Crippen LogP contribution in [-0.4, -0.2) is 35.7 Å². The Labute approximate surface area is 289 Å². The Kier molecular flexibility index (Phi) is 35.1. The second kappa shape index (κ2) is 36.7. The van der Waals surface area contributed by atoms with E-state index in [0.29, 0.717) is 12.8 Å². The van der Waals surface area contributed by atoms with Crippen molar-refractivity contribution in [2.45, 2.75) is 213 Å². The van der Waals surface area contributed by atoms with Crippen LogP contribution in [0.2, 0.25) is 0 Å². The summed E-state index contributed by atoms with van der Waals surface area (Å²) in [6.45, 7) is 4.43. The van der Waals surface area contributed by atoms with Gasteiger partial charge in [-0.3, -0.25) is 14.4 Å². The third-order valence-electron chi connectivity index (χ3n) is 8.69. The van der Waals surface area contributed by atoms with Crippen molar-refractivity contribution in [1.82, 2.24) is 0 Å². The number of hydrogen-bond acceptors (Lipinski definition) is 5. The number of allylic oxidation sites excluding steroid dienone is 4. The lowest BCUT2D eigenvalue weighted by Crippen LogP contribution is -2.26. The molecule has 47 heavy (non-hydrogen) atoms. The largest absolute Gasteiger partial charge is 0.481 e. The number of esters is 2. The van der Waals surface area contributed by atoms with Crippen molar-refractivity contribution in [3.63, 3.8) is 0 Å². The zero-order valence-electron chi connectivity index (χ0n) is 30.8. The number of carboxylic acids is 1. The predicted molar refractivity (Wildman–Crippen MR) is 197 cm³/mol. The molecule has 0 aliphatic carbocycles. The average molecular weight is 663 g/mol. The summed E-state index contributed by atoms with van der Waals surface area (Å²) >= 11 is 0. The number of aliphatic carboxylic acids is 1. The van der Waals surface area contributed by atoms with Gasteiger partial charge in [0.25, 0.3) is 0 Å². The van der Waals surface area contributed by atoms with Gasteiger partial charge in [0.05, 0.1) is 0 Å². The number of hydrogen-bond donors (Lipinski definition) is 1. The van der Waals surface area contributed by atoms with Gasteiger partial charge in [-0.05, 0) is 70.6 Å². The van der Waals surface area contributed by atoms with E-state index >= 15 is 0 Å². The molecular formula is C41H74O6. The molecule has 1 atom stereocenters. The molecule has 274 valence electrons. The van der Waals surface area contributed by atoms with Crippen LogP contribution in [0.1, 0.15) is 206 Å². The molecule has 0 aromatic carbocycles. The first-order chi connectivity index (χ1) is 23.0. The molecule has 0 bridgehead atoms. The minimum atomic E-state index is -0.956. The van der Waals surface area contributed by atoms with Crippen molar-refractivity contribution in [3.8, 4) is 0 Å². The van der Waals surface area contributed by atoms with Crippen molar-refractivity contribution in [2.75, 3.05) is 6.61 Å². The molecule has 0 aliphatic rings. The Hall–Kier alpha value is -2.11. The van der Waals surface area contributed by atoms with E-state index in [9.17, 15) is 14.4 Å². The highest BCUT2D eigenvalue weighted by Crippen LogP contribution is 2.14. The highest BCUT2D eigenvalue weighted by Gasteiger charge is 2.18. The molecule has 0 saturated heterocycles. The Morgan fingerprint density at radius 3 is 1.26 bits per heavy atom. The maximum atomic E-state index is 12.4. The summed E-state index contributed by atoms with van der Waals surface area (Å²) in [5.41, 5.74) is 0. The van der Waals surface area contributed by atoms with Gasteiger partial charge in [0.2, 0.25) is 0 Å². The number of unbranched alkanes of at least 4 members (excludes halogenated alkanes) is 22. The maximum Gasteiger partial charge on any atom is 0.306 e. The zero-order valence-corrected chi connectivity index (χ0v) is 30.8. The number of ether oxygens (including phenoxy) is 2. The first-order valence-corrected chi connectivity index (χ1v) is 19.9. The maximum absolute atomic E-state index is 12.4.